The molecule has 4 fully saturated rings. The fraction of sp³-hybridized carbons (Fsp3) is 0.897. The Balaban J connectivity index is 0.00000116. The Morgan fingerprint density at radius 1 is 0.907 bits per heavy atom. The van der Waals surface area contributed by atoms with Crippen LogP contribution in [0.5, 0.6) is 0 Å². The molecule has 0 spiro atoms. The van der Waals surface area contributed by atoms with Crippen LogP contribution < -0.4 is 5.32 Å². The summed E-state index contributed by atoms with van der Waals surface area (Å²) in [7, 11) is 1.98. The van der Waals surface area contributed by atoms with E-state index >= 15 is 0 Å². The summed E-state index contributed by atoms with van der Waals surface area (Å²) in [5.74, 6) is 6.32. The number of fused-ring (bicyclic) bond motifs is 5. The molecule has 0 saturated heterocycles. The van der Waals surface area contributed by atoms with Crippen molar-refractivity contribution in [1.29, 1.82) is 0 Å². The van der Waals surface area contributed by atoms with Gasteiger partial charge in [-0.3, -0.25) is 4.79 Å². The quantitative estimate of drug-likeness (QED) is 0.153. The summed E-state index contributed by atoms with van der Waals surface area (Å²) in [6, 6.07) is 0. The summed E-state index contributed by atoms with van der Waals surface area (Å²) in [5.41, 5.74) is 1.09. The maximum absolute atomic E-state index is 10.9. The molecular weight excluding hydrogens is 530 g/mol. The average Bonchev–Trinajstić information content (AvgIpc) is 3.36. The summed E-state index contributed by atoms with van der Waals surface area (Å²) < 4.78 is 5.40. The van der Waals surface area contributed by atoms with Gasteiger partial charge >= 0.3 is 0 Å². The van der Waals surface area contributed by atoms with Crippen LogP contribution in [0, 0.1) is 52.3 Å². The number of carbonyl (C=O) groups is 2. The minimum absolute atomic E-state index is 0.188. The molecule has 4 aliphatic rings. The zero-order valence-electron chi connectivity index (χ0n) is 30.5. The molecular formula is C39H75NO3. The van der Waals surface area contributed by atoms with Gasteiger partial charge in [-0.25, -0.2) is 0 Å². The van der Waals surface area contributed by atoms with Crippen LogP contribution in [0.25, 0.3) is 0 Å². The number of unbranched alkanes of at least 4 members (excludes halogenated alkanes) is 1. The van der Waals surface area contributed by atoms with Gasteiger partial charge in [-0.1, -0.05) is 87.1 Å². The molecule has 1 N–H and O–H groups in total. The minimum atomic E-state index is 0.188. The van der Waals surface area contributed by atoms with Crippen molar-refractivity contribution in [3.8, 4) is 0 Å². The van der Waals surface area contributed by atoms with Gasteiger partial charge in [-0.2, -0.15) is 0 Å². The molecule has 0 aromatic rings. The van der Waals surface area contributed by atoms with Gasteiger partial charge in [-0.15, -0.1) is 6.58 Å². The average molecular weight is 606 g/mol. The van der Waals surface area contributed by atoms with Gasteiger partial charge in [0.25, 0.3) is 6.47 Å². The molecule has 0 aromatic heterocycles. The van der Waals surface area contributed by atoms with Gasteiger partial charge in [0.2, 0.25) is 0 Å². The molecule has 4 aliphatic carbocycles. The van der Waals surface area contributed by atoms with Crippen LogP contribution in [0.1, 0.15) is 152 Å². The monoisotopic (exact) mass is 606 g/mol. The first-order valence-corrected chi connectivity index (χ1v) is 18.2. The van der Waals surface area contributed by atoms with Crippen molar-refractivity contribution in [2.24, 2.45) is 52.3 Å². The lowest BCUT2D eigenvalue weighted by Crippen LogP contribution is -2.54. The third kappa shape index (κ3) is 11.6. The molecule has 0 aliphatic heterocycles. The van der Waals surface area contributed by atoms with E-state index in [-0.39, 0.29) is 6.10 Å². The molecule has 43 heavy (non-hydrogen) atoms. The van der Waals surface area contributed by atoms with Crippen LogP contribution >= 0.6 is 0 Å². The summed E-state index contributed by atoms with van der Waals surface area (Å²) >= 11 is 0. The molecule has 0 radical (unpaired) electrons. The highest BCUT2D eigenvalue weighted by atomic mass is 16.5. The maximum atomic E-state index is 10.9. The van der Waals surface area contributed by atoms with Gasteiger partial charge in [0.1, 0.15) is 12.9 Å². The summed E-state index contributed by atoms with van der Waals surface area (Å²) in [6.07, 6.45) is 21.0. The zero-order chi connectivity index (χ0) is 33.1. The fourth-order valence-electron chi connectivity index (χ4n) is 9.80. The molecule has 4 nitrogen and oxygen atoms in total. The Hall–Kier alpha value is -1.16. The van der Waals surface area contributed by atoms with Crippen molar-refractivity contribution in [3.63, 3.8) is 0 Å². The van der Waals surface area contributed by atoms with E-state index < -0.39 is 0 Å². The van der Waals surface area contributed by atoms with E-state index in [1.165, 1.54) is 77.0 Å². The minimum Gasteiger partial charge on any atom is -0.465 e. The Bertz CT molecular complexity index is 721. The van der Waals surface area contributed by atoms with Crippen LogP contribution in [0.2, 0.25) is 0 Å². The Kier molecular flexibility index (Phi) is 21.8. The van der Waals surface area contributed by atoms with Gasteiger partial charge in [-0.05, 0) is 137 Å². The number of rotatable bonds is 10. The summed E-state index contributed by atoms with van der Waals surface area (Å²) in [6.45, 7) is 27.9. The molecule has 4 heteroatoms. The summed E-state index contributed by atoms with van der Waals surface area (Å²) in [4.78, 5) is 18.9. The van der Waals surface area contributed by atoms with Crippen LogP contribution in [0.15, 0.2) is 12.7 Å². The molecule has 0 amide bonds. The van der Waals surface area contributed by atoms with Crippen molar-refractivity contribution in [2.45, 2.75) is 158 Å². The smallest absolute Gasteiger partial charge is 0.293 e. The van der Waals surface area contributed by atoms with Crippen molar-refractivity contribution in [1.82, 2.24) is 5.32 Å². The lowest BCUT2D eigenvalue weighted by Gasteiger charge is -2.61. The predicted octanol–water partition coefficient (Wildman–Crippen LogP) is 10.7. The second-order valence-electron chi connectivity index (χ2n) is 14.7. The van der Waals surface area contributed by atoms with E-state index in [4.69, 9.17) is 9.53 Å². The molecule has 254 valence electrons. The lowest BCUT2D eigenvalue weighted by molar-refractivity contribution is -0.151. The standard InChI is InChI=1S/C28H48O2.C5H13N.C3H6.C2H6.CH2O/c1-19(2)7-6-8-20(3)24-11-12-25-23-10-9-21-17-22(30-18-29)13-15-27(21,4)26(23)14-16-28(24,25)5;1-3-4-5-6-2;1-3-2;2*1-2/h18-26H,6-17H2,1-5H3;6H,3-5H2,1-2H3;3H,1H2,2H3;1-2H3;1H2/t20?,21?,22?,23?,24?,25?,26?,27-,28+;;;;/m0..../s1. The van der Waals surface area contributed by atoms with E-state index in [0.29, 0.717) is 17.3 Å². The Morgan fingerprint density at radius 2 is 1.51 bits per heavy atom. The fourth-order valence-corrected chi connectivity index (χ4v) is 9.80. The van der Waals surface area contributed by atoms with E-state index in [1.807, 2.05) is 34.6 Å². The van der Waals surface area contributed by atoms with E-state index in [1.54, 1.807) is 6.08 Å². The Labute approximate surface area is 269 Å². The normalized spacial score (nSPS) is 34.3. The molecule has 7 unspecified atom stereocenters. The highest BCUT2D eigenvalue weighted by Crippen LogP contribution is 2.68. The molecule has 4 saturated carbocycles. The lowest BCUT2D eigenvalue weighted by atomic mass is 9.44. The first-order chi connectivity index (χ1) is 20.6. The van der Waals surface area contributed by atoms with Crippen molar-refractivity contribution >= 4 is 13.3 Å². The number of hydrogen-bond donors (Lipinski definition) is 1. The SMILES string of the molecule is C=CC.C=O.CC.CC(C)CCCC(C)C1CCC2C3CCC4CC(OC=O)CC[C@]4(C)C3CC[C@]12C.CCCCNC. The largest absolute Gasteiger partial charge is 0.465 e. The van der Waals surface area contributed by atoms with Crippen molar-refractivity contribution in [3.05, 3.63) is 12.7 Å². The molecule has 0 heterocycles. The van der Waals surface area contributed by atoms with E-state index in [0.717, 1.165) is 60.8 Å². The predicted molar refractivity (Wildman–Crippen MR) is 187 cm³/mol. The van der Waals surface area contributed by atoms with Crippen LogP contribution in [0.3, 0.4) is 0 Å². The number of nitrogens with one attached hydrogen (secondary N) is 1. The van der Waals surface area contributed by atoms with Crippen molar-refractivity contribution in [2.75, 3.05) is 13.6 Å². The van der Waals surface area contributed by atoms with E-state index in [9.17, 15) is 4.79 Å². The first-order valence-electron chi connectivity index (χ1n) is 18.2. The Morgan fingerprint density at radius 3 is 2.05 bits per heavy atom. The molecule has 0 aromatic carbocycles. The van der Waals surface area contributed by atoms with Crippen LogP contribution in [-0.2, 0) is 14.3 Å². The topological polar surface area (TPSA) is 55.4 Å². The number of ether oxygens (including phenoxy) is 1. The number of carbonyl (C=O) groups excluding carboxylic acids is 2. The molecule has 9 atom stereocenters. The van der Waals surface area contributed by atoms with Gasteiger partial charge in [0.15, 0.2) is 0 Å². The second kappa shape index (κ2) is 22.4. The molecule has 0 bridgehead atoms. The number of allylic oxidation sites excluding steroid dienone is 1. The van der Waals surface area contributed by atoms with Gasteiger partial charge in [0.05, 0.1) is 0 Å². The summed E-state index contributed by atoms with van der Waals surface area (Å²) in [5, 5.41) is 3.07. The van der Waals surface area contributed by atoms with Gasteiger partial charge < -0.3 is 14.8 Å². The third-order valence-corrected chi connectivity index (χ3v) is 11.8. The van der Waals surface area contributed by atoms with Crippen LogP contribution in [0.4, 0.5) is 0 Å². The highest BCUT2D eigenvalue weighted by Gasteiger charge is 2.60. The molecule has 4 rings (SSSR count). The van der Waals surface area contributed by atoms with Gasteiger partial charge in [0, 0.05) is 0 Å². The van der Waals surface area contributed by atoms with E-state index in [2.05, 4.69) is 53.4 Å². The third-order valence-electron chi connectivity index (χ3n) is 11.8. The maximum Gasteiger partial charge on any atom is 0.293 e. The zero-order valence-corrected chi connectivity index (χ0v) is 30.5. The second-order valence-corrected chi connectivity index (χ2v) is 14.7. The first kappa shape index (κ1) is 41.8. The number of hydrogen-bond acceptors (Lipinski definition) is 4. The highest BCUT2D eigenvalue weighted by molar-refractivity contribution is 5.37. The van der Waals surface area contributed by atoms with Crippen molar-refractivity contribution < 1.29 is 14.3 Å². The van der Waals surface area contributed by atoms with Crippen LogP contribution in [-0.4, -0.2) is 33.0 Å².